The third kappa shape index (κ3) is 5.88. The number of amides is 1. The first-order valence-electron chi connectivity index (χ1n) is 11.8. The normalized spacial score (nSPS) is 18.1. The lowest BCUT2D eigenvalue weighted by molar-refractivity contribution is -0.139. The Morgan fingerprint density at radius 3 is 2.63 bits per heavy atom. The minimum atomic E-state index is -4.66. The van der Waals surface area contributed by atoms with E-state index in [0.717, 1.165) is 11.6 Å². The lowest BCUT2D eigenvalue weighted by Crippen LogP contribution is -2.33. The lowest BCUT2D eigenvalue weighted by atomic mass is 10.0. The van der Waals surface area contributed by atoms with E-state index >= 15 is 0 Å². The number of alkyl halides is 3. The lowest BCUT2D eigenvalue weighted by Gasteiger charge is -2.23. The third-order valence-electron chi connectivity index (χ3n) is 6.59. The summed E-state index contributed by atoms with van der Waals surface area (Å²) in [6.45, 7) is 2.68. The van der Waals surface area contributed by atoms with Crippen LogP contribution in [0, 0.1) is 0 Å². The van der Waals surface area contributed by atoms with E-state index in [9.17, 15) is 22.2 Å². The van der Waals surface area contributed by atoms with Crippen molar-refractivity contribution in [2.75, 3.05) is 30.3 Å². The van der Waals surface area contributed by atoms with E-state index in [-0.39, 0.29) is 34.7 Å². The van der Waals surface area contributed by atoms with Gasteiger partial charge >= 0.3 is 6.18 Å². The Kier molecular flexibility index (Phi) is 7.89. The van der Waals surface area contributed by atoms with Crippen LogP contribution < -0.4 is 16.0 Å². The highest BCUT2D eigenvalue weighted by Crippen LogP contribution is 2.37. The Balaban J connectivity index is 1.53. The molecule has 1 aliphatic heterocycles. The zero-order chi connectivity index (χ0) is 27.7. The number of nitrogens with zero attached hydrogens (tertiary/aromatic N) is 3. The molecule has 0 spiro atoms. The summed E-state index contributed by atoms with van der Waals surface area (Å²) >= 11 is 5.95. The van der Waals surface area contributed by atoms with E-state index in [1.54, 1.807) is 17.0 Å². The van der Waals surface area contributed by atoms with Crippen LogP contribution in [0.4, 0.5) is 24.9 Å². The summed E-state index contributed by atoms with van der Waals surface area (Å²) in [6, 6.07) is 12.1. The zero-order valence-electron chi connectivity index (χ0n) is 20.5. The Bertz CT molecular complexity index is 1430. The predicted molar refractivity (Wildman–Crippen MR) is 144 cm³/mol. The molecule has 1 saturated heterocycles. The van der Waals surface area contributed by atoms with Crippen molar-refractivity contribution in [2.24, 2.45) is 0 Å². The van der Waals surface area contributed by atoms with Gasteiger partial charge in [-0.1, -0.05) is 42.8 Å². The second-order valence-corrected chi connectivity index (χ2v) is 12.2. The average molecular weight is 566 g/mol. The molecule has 7 nitrogen and oxygen atoms in total. The number of hydrogen-bond acceptors (Lipinski definition) is 6. The van der Waals surface area contributed by atoms with Gasteiger partial charge in [0.05, 0.1) is 10.8 Å². The van der Waals surface area contributed by atoms with Crippen molar-refractivity contribution in [1.29, 1.82) is 0 Å². The van der Waals surface area contributed by atoms with Gasteiger partial charge in [-0.15, -0.1) is 0 Å². The monoisotopic (exact) mass is 565 g/mol. The molecule has 2 heterocycles. The summed E-state index contributed by atoms with van der Waals surface area (Å²) in [6.07, 6.45) is -3.05. The minimum absolute atomic E-state index is 0.00456. The van der Waals surface area contributed by atoms with Gasteiger partial charge in [-0.25, -0.2) is 4.98 Å². The highest BCUT2D eigenvalue weighted by molar-refractivity contribution is 8.01. The molecule has 1 amide bonds. The molecule has 0 radical (unpaired) electrons. The van der Waals surface area contributed by atoms with Gasteiger partial charge in [-0.3, -0.25) is 9.00 Å². The van der Waals surface area contributed by atoms with E-state index < -0.39 is 32.4 Å². The molecule has 12 heteroatoms. The molecule has 38 heavy (non-hydrogen) atoms. The molecule has 2 unspecified atom stereocenters. The Morgan fingerprint density at radius 2 is 1.95 bits per heavy atom. The van der Waals surface area contributed by atoms with Crippen molar-refractivity contribution in [3.63, 3.8) is 0 Å². The maximum atomic E-state index is 13.7. The number of halogens is 4. The summed E-state index contributed by atoms with van der Waals surface area (Å²) in [5, 5.41) is 2.80. The molecule has 3 N–H and O–H groups in total. The summed E-state index contributed by atoms with van der Waals surface area (Å²) in [4.78, 5) is 22.7. The molecule has 4 rings (SSSR count). The number of hydrogen-bond donors (Lipinski definition) is 2. The number of nitrogen functional groups attached to an aromatic ring is 1. The summed E-state index contributed by atoms with van der Waals surface area (Å²) in [7, 11) is -3.34. The number of carbonyl (C=O) groups excluding carboxylic acids is 1. The van der Waals surface area contributed by atoms with Crippen molar-refractivity contribution >= 4 is 44.7 Å². The van der Waals surface area contributed by atoms with Crippen LogP contribution >= 0.6 is 11.6 Å². The Morgan fingerprint density at radius 1 is 1.26 bits per heavy atom. The van der Waals surface area contributed by atoms with Crippen molar-refractivity contribution < 1.29 is 22.2 Å². The van der Waals surface area contributed by atoms with Gasteiger partial charge in [-0.2, -0.15) is 18.2 Å². The van der Waals surface area contributed by atoms with E-state index in [0.29, 0.717) is 24.5 Å². The van der Waals surface area contributed by atoms with Gasteiger partial charge in [0.25, 0.3) is 5.91 Å². The van der Waals surface area contributed by atoms with E-state index in [1.807, 2.05) is 19.1 Å². The van der Waals surface area contributed by atoms with Crippen LogP contribution in [-0.4, -0.2) is 50.8 Å². The first-order chi connectivity index (χ1) is 17.9. The fourth-order valence-electron chi connectivity index (χ4n) is 4.45. The van der Waals surface area contributed by atoms with Crippen LogP contribution in [0.2, 0.25) is 5.02 Å². The number of nitrogens with two attached hydrogens (primary N) is 1. The second-order valence-electron chi connectivity index (χ2n) is 9.20. The number of nitrogens with one attached hydrogen (secondary N) is 1. The molecular weight excluding hydrogens is 539 g/mol. The summed E-state index contributed by atoms with van der Waals surface area (Å²) in [5.74, 6) is 3.48. The molecule has 0 saturated carbocycles. The first-order valence-corrected chi connectivity index (χ1v) is 14.0. The van der Waals surface area contributed by atoms with Gasteiger partial charge in [0.15, 0.2) is 0 Å². The quantitative estimate of drug-likeness (QED) is 0.406. The van der Waals surface area contributed by atoms with Crippen molar-refractivity contribution in [1.82, 2.24) is 15.3 Å². The van der Waals surface area contributed by atoms with Crippen molar-refractivity contribution in [3.05, 3.63) is 76.4 Å². The van der Waals surface area contributed by atoms with Gasteiger partial charge in [0.1, 0.15) is 11.4 Å². The highest BCUT2D eigenvalue weighted by Gasteiger charge is 2.39. The molecule has 1 fully saturated rings. The number of rotatable bonds is 7. The third-order valence-corrected chi connectivity index (χ3v) is 9.40. The number of carbonyl (C=O) groups is 1. The van der Waals surface area contributed by atoms with Crippen LogP contribution in [0.25, 0.3) is 0 Å². The number of benzene rings is 2. The smallest absolute Gasteiger partial charge is 0.368 e. The van der Waals surface area contributed by atoms with Gasteiger partial charge < -0.3 is 16.0 Å². The van der Waals surface area contributed by atoms with E-state index in [1.165, 1.54) is 24.4 Å². The predicted octanol–water partition coefficient (Wildman–Crippen LogP) is 4.62. The fourth-order valence-corrected chi connectivity index (χ4v) is 6.71. The maximum Gasteiger partial charge on any atom is 0.417 e. The van der Waals surface area contributed by atoms with Crippen LogP contribution in [0.5, 0.6) is 0 Å². The molecule has 0 bridgehead atoms. The zero-order valence-corrected chi connectivity index (χ0v) is 22.1. The molecule has 202 valence electrons. The standard InChI is InChI=1S/C26H27ClF3N5O2S/c1-16(17-7-9-18(27)10-8-17)13-32-24(36)20-14-33-25(31)34-23(20)35-12-11-19(15-35)38(2,37)22-6-4-3-5-21(22)26(28,29)30/h3-10,14,16,19H,2,11-13,15H2,1H3,(H,32,36)(H2,31,33,34)/t16?,19-,38?/m0/s1. The topological polar surface area (TPSA) is 101 Å². The van der Waals surface area contributed by atoms with Gasteiger partial charge in [-0.05, 0) is 48.0 Å². The van der Waals surface area contributed by atoms with E-state index in [4.69, 9.17) is 17.3 Å². The molecule has 2 aromatic carbocycles. The molecule has 1 aromatic heterocycles. The second kappa shape index (κ2) is 10.8. The van der Waals surface area contributed by atoms with E-state index in [2.05, 4.69) is 21.2 Å². The van der Waals surface area contributed by atoms with Crippen LogP contribution in [-0.2, 0) is 15.7 Å². The molecule has 3 aromatic rings. The SMILES string of the molecule is C=S(=O)(c1ccccc1C(F)(F)F)[C@H]1CCN(c2nc(N)ncc2C(=O)NCC(C)c2ccc(Cl)cc2)C1. The minimum Gasteiger partial charge on any atom is -0.368 e. The van der Waals surface area contributed by atoms with Crippen molar-refractivity contribution in [3.8, 4) is 0 Å². The fraction of sp³-hybridized carbons (Fsp3) is 0.308. The molecule has 1 aliphatic rings. The first kappa shape index (κ1) is 27.7. The van der Waals surface area contributed by atoms with Gasteiger partial charge in [0.2, 0.25) is 5.95 Å². The molecular formula is C26H27ClF3N5O2S. The van der Waals surface area contributed by atoms with Crippen LogP contribution in [0.15, 0.2) is 59.6 Å². The maximum absolute atomic E-state index is 13.7. The average Bonchev–Trinajstić information content (AvgIpc) is 3.38. The Labute approximate surface area is 224 Å². The number of aromatic nitrogens is 2. The van der Waals surface area contributed by atoms with Crippen LogP contribution in [0.3, 0.4) is 0 Å². The highest BCUT2D eigenvalue weighted by atomic mass is 35.5. The van der Waals surface area contributed by atoms with Crippen LogP contribution in [0.1, 0.15) is 40.7 Å². The van der Waals surface area contributed by atoms with Crippen molar-refractivity contribution in [2.45, 2.75) is 35.6 Å². The molecule has 3 atom stereocenters. The summed E-state index contributed by atoms with van der Waals surface area (Å²) < 4.78 is 54.5. The summed E-state index contributed by atoms with van der Waals surface area (Å²) in [5.41, 5.74) is 6.00. The Hall–Kier alpha value is -3.31. The largest absolute Gasteiger partial charge is 0.417 e. The van der Waals surface area contributed by atoms with Gasteiger partial charge in [0, 0.05) is 45.3 Å². The molecule has 0 aliphatic carbocycles. The number of anilines is 2.